The smallest absolute Gasteiger partial charge is 0.221 e. The van der Waals surface area contributed by atoms with Crippen LogP contribution in [0.1, 0.15) is 23.2 Å². The van der Waals surface area contributed by atoms with Gasteiger partial charge in [0.15, 0.2) is 5.78 Å². The van der Waals surface area contributed by atoms with Gasteiger partial charge in [0.1, 0.15) is 19.0 Å². The summed E-state index contributed by atoms with van der Waals surface area (Å²) in [7, 11) is 1.46. The number of hydrogen-bond donors (Lipinski definition) is 2. The standard InChI is InChI=1S/C17H18N2O5/c1-23-15-7-12-10(6-13(15)14(21)8-20)4-5-18-17(12)24-9-11-2-3-16(22)19-11/h4-7,11,20H,2-3,8-9H2,1H3,(H,19,22). The minimum Gasteiger partial charge on any atom is -0.496 e. The number of nitrogens with zero attached hydrogens (tertiary/aromatic N) is 1. The van der Waals surface area contributed by atoms with E-state index in [4.69, 9.17) is 14.6 Å². The van der Waals surface area contributed by atoms with Crippen molar-refractivity contribution in [2.24, 2.45) is 0 Å². The third kappa shape index (κ3) is 3.16. The second kappa shape index (κ2) is 6.84. The van der Waals surface area contributed by atoms with E-state index in [1.54, 1.807) is 24.4 Å². The Hall–Kier alpha value is -2.67. The summed E-state index contributed by atoms with van der Waals surface area (Å²) in [6, 6.07) is 5.06. The summed E-state index contributed by atoms with van der Waals surface area (Å²) in [5.74, 6) is 0.383. The van der Waals surface area contributed by atoms with E-state index in [0.29, 0.717) is 35.6 Å². The Morgan fingerprint density at radius 3 is 2.96 bits per heavy atom. The number of ether oxygens (including phenoxy) is 2. The molecule has 126 valence electrons. The molecule has 2 heterocycles. The van der Waals surface area contributed by atoms with Crippen molar-refractivity contribution in [2.45, 2.75) is 18.9 Å². The van der Waals surface area contributed by atoms with Gasteiger partial charge in [-0.25, -0.2) is 4.98 Å². The van der Waals surface area contributed by atoms with Gasteiger partial charge in [-0.2, -0.15) is 0 Å². The third-order valence-electron chi connectivity index (χ3n) is 4.00. The van der Waals surface area contributed by atoms with Gasteiger partial charge in [-0.15, -0.1) is 0 Å². The Labute approximate surface area is 138 Å². The number of aromatic nitrogens is 1. The maximum Gasteiger partial charge on any atom is 0.221 e. The summed E-state index contributed by atoms with van der Waals surface area (Å²) in [5, 5.41) is 13.4. The quantitative estimate of drug-likeness (QED) is 0.769. The van der Waals surface area contributed by atoms with Crippen LogP contribution in [0, 0.1) is 0 Å². The molecule has 7 nitrogen and oxygen atoms in total. The average molecular weight is 330 g/mol. The number of rotatable bonds is 6. The fourth-order valence-electron chi connectivity index (χ4n) is 2.74. The van der Waals surface area contributed by atoms with Gasteiger partial charge < -0.3 is 19.9 Å². The fourth-order valence-corrected chi connectivity index (χ4v) is 2.74. The van der Waals surface area contributed by atoms with Crippen LogP contribution in [-0.2, 0) is 4.79 Å². The first kappa shape index (κ1) is 16.2. The molecule has 0 bridgehead atoms. The Morgan fingerprint density at radius 2 is 2.29 bits per heavy atom. The highest BCUT2D eigenvalue weighted by Crippen LogP contribution is 2.31. The molecule has 2 N–H and O–H groups in total. The van der Waals surface area contributed by atoms with Gasteiger partial charge in [0.25, 0.3) is 0 Å². The first-order valence-corrected chi connectivity index (χ1v) is 7.65. The van der Waals surface area contributed by atoms with E-state index >= 15 is 0 Å². The lowest BCUT2D eigenvalue weighted by atomic mass is 10.0. The maximum atomic E-state index is 11.8. The molecule has 1 amide bonds. The van der Waals surface area contributed by atoms with Crippen molar-refractivity contribution in [3.05, 3.63) is 30.0 Å². The van der Waals surface area contributed by atoms with Crippen LogP contribution in [0.15, 0.2) is 24.4 Å². The molecular weight excluding hydrogens is 312 g/mol. The molecule has 24 heavy (non-hydrogen) atoms. The topological polar surface area (TPSA) is 97.8 Å². The van der Waals surface area contributed by atoms with Gasteiger partial charge in [-0.1, -0.05) is 0 Å². The summed E-state index contributed by atoms with van der Waals surface area (Å²) in [5.41, 5.74) is 0.313. The van der Waals surface area contributed by atoms with Crippen molar-refractivity contribution >= 4 is 22.5 Å². The molecule has 1 aliphatic rings. The molecule has 0 spiro atoms. The molecule has 1 aliphatic heterocycles. The first-order chi connectivity index (χ1) is 11.6. The number of methoxy groups -OCH3 is 1. The molecule has 1 aromatic heterocycles. The number of hydrogen-bond acceptors (Lipinski definition) is 6. The zero-order chi connectivity index (χ0) is 17.1. The predicted molar refractivity (Wildman–Crippen MR) is 86.4 cm³/mol. The lowest BCUT2D eigenvalue weighted by Crippen LogP contribution is -2.31. The highest BCUT2D eigenvalue weighted by Gasteiger charge is 2.22. The van der Waals surface area contributed by atoms with E-state index in [0.717, 1.165) is 11.8 Å². The van der Waals surface area contributed by atoms with Crippen LogP contribution in [0.3, 0.4) is 0 Å². The van der Waals surface area contributed by atoms with E-state index in [2.05, 4.69) is 10.3 Å². The molecule has 7 heteroatoms. The molecule has 0 aliphatic carbocycles. The highest BCUT2D eigenvalue weighted by atomic mass is 16.5. The molecule has 1 unspecified atom stereocenters. The summed E-state index contributed by atoms with van der Waals surface area (Å²) in [6.45, 7) is -0.255. The molecule has 0 radical (unpaired) electrons. The lowest BCUT2D eigenvalue weighted by molar-refractivity contribution is -0.119. The summed E-state index contributed by atoms with van der Waals surface area (Å²) >= 11 is 0. The van der Waals surface area contributed by atoms with Crippen molar-refractivity contribution in [2.75, 3.05) is 20.3 Å². The number of Topliss-reactive ketones (excluding diaryl/α,β-unsaturated/α-hetero) is 1. The van der Waals surface area contributed by atoms with Crippen LogP contribution in [0.5, 0.6) is 11.6 Å². The van der Waals surface area contributed by atoms with Crippen molar-refractivity contribution in [3.63, 3.8) is 0 Å². The van der Waals surface area contributed by atoms with Crippen LogP contribution in [0.2, 0.25) is 0 Å². The van der Waals surface area contributed by atoms with Gasteiger partial charge in [-0.05, 0) is 30.0 Å². The van der Waals surface area contributed by atoms with Crippen molar-refractivity contribution < 1.29 is 24.2 Å². The maximum absolute atomic E-state index is 11.8. The second-order valence-corrected chi connectivity index (χ2v) is 5.59. The molecule has 1 saturated heterocycles. The largest absolute Gasteiger partial charge is 0.496 e. The predicted octanol–water partition coefficient (Wildman–Crippen LogP) is 1.08. The number of fused-ring (bicyclic) bond motifs is 1. The van der Waals surface area contributed by atoms with Crippen LogP contribution >= 0.6 is 0 Å². The molecule has 3 rings (SSSR count). The van der Waals surface area contributed by atoms with Gasteiger partial charge in [-0.3, -0.25) is 9.59 Å². The van der Waals surface area contributed by atoms with Crippen LogP contribution in [-0.4, -0.2) is 48.1 Å². The zero-order valence-corrected chi connectivity index (χ0v) is 13.2. The minimum absolute atomic E-state index is 0.0216. The first-order valence-electron chi connectivity index (χ1n) is 7.65. The number of carbonyl (C=O) groups excluding carboxylic acids is 2. The second-order valence-electron chi connectivity index (χ2n) is 5.59. The van der Waals surface area contributed by atoms with E-state index in [-0.39, 0.29) is 11.9 Å². The van der Waals surface area contributed by atoms with E-state index < -0.39 is 12.4 Å². The van der Waals surface area contributed by atoms with E-state index in [1.165, 1.54) is 7.11 Å². The third-order valence-corrected chi connectivity index (χ3v) is 4.00. The average Bonchev–Trinajstić information content (AvgIpc) is 3.03. The fraction of sp³-hybridized carbons (Fsp3) is 0.353. The Kier molecular flexibility index (Phi) is 4.61. The molecule has 0 saturated carbocycles. The monoisotopic (exact) mass is 330 g/mol. The number of aliphatic hydroxyl groups is 1. The Morgan fingerprint density at radius 1 is 1.46 bits per heavy atom. The van der Waals surface area contributed by atoms with Gasteiger partial charge in [0, 0.05) is 18.0 Å². The van der Waals surface area contributed by atoms with Gasteiger partial charge >= 0.3 is 0 Å². The number of nitrogens with one attached hydrogen (secondary N) is 1. The molecule has 1 atom stereocenters. The molecule has 1 fully saturated rings. The molecular formula is C17H18N2O5. The van der Waals surface area contributed by atoms with Gasteiger partial charge in [0.05, 0.1) is 18.7 Å². The normalized spacial score (nSPS) is 16.9. The summed E-state index contributed by atoms with van der Waals surface area (Å²) in [4.78, 5) is 27.3. The van der Waals surface area contributed by atoms with Crippen molar-refractivity contribution in [1.29, 1.82) is 0 Å². The summed E-state index contributed by atoms with van der Waals surface area (Å²) in [6.07, 6.45) is 2.84. The molecule has 2 aromatic rings. The Bertz CT molecular complexity index is 790. The number of pyridine rings is 1. The van der Waals surface area contributed by atoms with Gasteiger partial charge in [0.2, 0.25) is 11.8 Å². The highest BCUT2D eigenvalue weighted by molar-refractivity contribution is 6.04. The number of aliphatic hydroxyl groups excluding tert-OH is 1. The SMILES string of the molecule is COc1cc2c(OCC3CCC(=O)N3)nccc2cc1C(=O)CO. The Balaban J connectivity index is 1.91. The number of amides is 1. The van der Waals surface area contributed by atoms with Crippen LogP contribution < -0.4 is 14.8 Å². The number of ketones is 1. The number of benzene rings is 1. The zero-order valence-electron chi connectivity index (χ0n) is 13.2. The van der Waals surface area contributed by atoms with Crippen LogP contribution in [0.25, 0.3) is 10.8 Å². The number of carbonyl (C=O) groups is 2. The van der Waals surface area contributed by atoms with E-state index in [9.17, 15) is 9.59 Å². The van der Waals surface area contributed by atoms with E-state index in [1.807, 2.05) is 0 Å². The minimum atomic E-state index is -0.586. The lowest BCUT2D eigenvalue weighted by Gasteiger charge is -2.14. The summed E-state index contributed by atoms with van der Waals surface area (Å²) < 4.78 is 11.0. The molecule has 1 aromatic carbocycles. The van der Waals surface area contributed by atoms with Crippen LogP contribution in [0.4, 0.5) is 0 Å². The van der Waals surface area contributed by atoms with Crippen molar-refractivity contribution in [3.8, 4) is 11.6 Å². The van der Waals surface area contributed by atoms with Crippen molar-refractivity contribution in [1.82, 2.24) is 10.3 Å².